The quantitative estimate of drug-likeness (QED) is 0.814. The fraction of sp³-hybridized carbons (Fsp3) is 0.538. The van der Waals surface area contributed by atoms with Gasteiger partial charge in [-0.3, -0.25) is 4.98 Å². The third-order valence-corrected chi connectivity index (χ3v) is 2.50. The van der Waals surface area contributed by atoms with E-state index in [2.05, 4.69) is 11.1 Å². The van der Waals surface area contributed by atoms with Crippen LogP contribution in [0.25, 0.3) is 0 Å². The van der Waals surface area contributed by atoms with E-state index in [1.54, 1.807) is 6.20 Å². The zero-order chi connectivity index (χ0) is 12.7. The van der Waals surface area contributed by atoms with Crippen LogP contribution in [-0.4, -0.2) is 18.1 Å². The van der Waals surface area contributed by atoms with Crippen molar-refractivity contribution in [2.75, 3.05) is 13.2 Å². The first-order chi connectivity index (χ1) is 8.07. The number of hydrogen-bond donors (Lipinski definition) is 1. The molecule has 0 aromatic carbocycles. The standard InChI is InChI=1S/C13H19N3O/c1-13(2,10-15)6-8-17-12-4-3-11(5-7-14)16-9-12/h3-4,9H,5-8,14H2,1-2H3. The first-order valence-corrected chi connectivity index (χ1v) is 5.76. The SMILES string of the molecule is CC(C)(C#N)CCOc1ccc(CCN)nc1. The van der Waals surface area contributed by atoms with E-state index in [-0.39, 0.29) is 5.41 Å². The molecule has 0 amide bonds. The van der Waals surface area contributed by atoms with Crippen LogP contribution in [0.3, 0.4) is 0 Å². The molecule has 17 heavy (non-hydrogen) atoms. The maximum absolute atomic E-state index is 8.86. The highest BCUT2D eigenvalue weighted by molar-refractivity contribution is 5.20. The first kappa shape index (κ1) is 13.5. The smallest absolute Gasteiger partial charge is 0.137 e. The number of nitriles is 1. The maximum atomic E-state index is 8.86. The van der Waals surface area contributed by atoms with Crippen LogP contribution in [0.5, 0.6) is 5.75 Å². The Bertz CT molecular complexity index is 379. The maximum Gasteiger partial charge on any atom is 0.137 e. The number of nitrogens with zero attached hydrogens (tertiary/aromatic N) is 2. The fourth-order valence-corrected chi connectivity index (χ4v) is 1.27. The lowest BCUT2D eigenvalue weighted by Crippen LogP contribution is -2.13. The van der Waals surface area contributed by atoms with Gasteiger partial charge in [0.15, 0.2) is 0 Å². The van der Waals surface area contributed by atoms with Crippen molar-refractivity contribution in [1.29, 1.82) is 5.26 Å². The lowest BCUT2D eigenvalue weighted by molar-refractivity contribution is 0.263. The van der Waals surface area contributed by atoms with Gasteiger partial charge in [-0.2, -0.15) is 5.26 Å². The molecule has 4 heteroatoms. The van der Waals surface area contributed by atoms with Gasteiger partial charge in [0.2, 0.25) is 0 Å². The second-order valence-electron chi connectivity index (χ2n) is 4.62. The van der Waals surface area contributed by atoms with Crippen LogP contribution in [0.15, 0.2) is 18.3 Å². The number of aromatic nitrogens is 1. The van der Waals surface area contributed by atoms with E-state index in [1.165, 1.54) is 0 Å². The summed E-state index contributed by atoms with van der Waals surface area (Å²) >= 11 is 0. The molecule has 0 aliphatic rings. The summed E-state index contributed by atoms with van der Waals surface area (Å²) in [6.45, 7) is 4.93. The molecular weight excluding hydrogens is 214 g/mol. The Morgan fingerprint density at radius 2 is 2.24 bits per heavy atom. The molecule has 0 radical (unpaired) electrons. The van der Waals surface area contributed by atoms with E-state index >= 15 is 0 Å². The molecule has 0 atom stereocenters. The van der Waals surface area contributed by atoms with Gasteiger partial charge in [-0.15, -0.1) is 0 Å². The Labute approximate surface area is 102 Å². The van der Waals surface area contributed by atoms with E-state index in [4.69, 9.17) is 15.7 Å². The average Bonchev–Trinajstić information content (AvgIpc) is 2.32. The average molecular weight is 233 g/mol. The van der Waals surface area contributed by atoms with Crippen molar-refractivity contribution >= 4 is 0 Å². The zero-order valence-corrected chi connectivity index (χ0v) is 10.4. The molecule has 1 rings (SSSR count). The number of pyridine rings is 1. The summed E-state index contributed by atoms with van der Waals surface area (Å²) in [6.07, 6.45) is 3.18. The molecule has 0 aliphatic heterocycles. The highest BCUT2D eigenvalue weighted by Gasteiger charge is 2.16. The van der Waals surface area contributed by atoms with Crippen LogP contribution in [0.1, 0.15) is 26.0 Å². The second kappa shape index (κ2) is 6.21. The van der Waals surface area contributed by atoms with Crippen molar-refractivity contribution in [2.24, 2.45) is 11.1 Å². The number of rotatable bonds is 6. The molecule has 0 bridgehead atoms. The van der Waals surface area contributed by atoms with Crippen molar-refractivity contribution in [2.45, 2.75) is 26.7 Å². The highest BCUT2D eigenvalue weighted by atomic mass is 16.5. The third kappa shape index (κ3) is 4.83. The largest absolute Gasteiger partial charge is 0.492 e. The molecule has 1 aromatic rings. The van der Waals surface area contributed by atoms with Crippen LogP contribution in [-0.2, 0) is 6.42 Å². The summed E-state index contributed by atoms with van der Waals surface area (Å²) in [6, 6.07) is 6.04. The Morgan fingerprint density at radius 3 is 2.76 bits per heavy atom. The topological polar surface area (TPSA) is 71.9 Å². The lowest BCUT2D eigenvalue weighted by atomic mass is 9.92. The Balaban J connectivity index is 2.40. The predicted molar refractivity (Wildman–Crippen MR) is 66.5 cm³/mol. The zero-order valence-electron chi connectivity index (χ0n) is 10.4. The van der Waals surface area contributed by atoms with E-state index in [1.807, 2.05) is 26.0 Å². The Kier molecular flexibility index (Phi) is 4.92. The molecule has 0 spiro atoms. The van der Waals surface area contributed by atoms with Gasteiger partial charge in [0.25, 0.3) is 0 Å². The summed E-state index contributed by atoms with van der Waals surface area (Å²) in [5.74, 6) is 0.736. The molecule has 1 heterocycles. The molecule has 0 saturated heterocycles. The van der Waals surface area contributed by atoms with Gasteiger partial charge >= 0.3 is 0 Å². The van der Waals surface area contributed by atoms with E-state index in [0.717, 1.165) is 17.9 Å². The Hall–Kier alpha value is -1.60. The summed E-state index contributed by atoms with van der Waals surface area (Å²) < 4.78 is 5.53. The lowest BCUT2D eigenvalue weighted by Gasteiger charge is -2.15. The molecule has 0 aliphatic carbocycles. The number of nitrogens with two attached hydrogens (primary N) is 1. The summed E-state index contributed by atoms with van der Waals surface area (Å²) in [4.78, 5) is 4.23. The molecule has 2 N–H and O–H groups in total. The summed E-state index contributed by atoms with van der Waals surface area (Å²) in [5, 5.41) is 8.86. The molecule has 92 valence electrons. The molecular formula is C13H19N3O. The molecule has 0 unspecified atom stereocenters. The van der Waals surface area contributed by atoms with Gasteiger partial charge in [0.05, 0.1) is 24.3 Å². The minimum absolute atomic E-state index is 0.340. The van der Waals surface area contributed by atoms with Crippen LogP contribution >= 0.6 is 0 Å². The van der Waals surface area contributed by atoms with Crippen molar-refractivity contribution in [1.82, 2.24) is 4.98 Å². The third-order valence-electron chi connectivity index (χ3n) is 2.50. The van der Waals surface area contributed by atoms with Gasteiger partial charge in [-0.1, -0.05) is 0 Å². The monoisotopic (exact) mass is 233 g/mol. The fourth-order valence-electron chi connectivity index (χ4n) is 1.27. The number of ether oxygens (including phenoxy) is 1. The van der Waals surface area contributed by atoms with Crippen LogP contribution in [0.2, 0.25) is 0 Å². The van der Waals surface area contributed by atoms with Crippen molar-refractivity contribution < 1.29 is 4.74 Å². The van der Waals surface area contributed by atoms with E-state index < -0.39 is 0 Å². The minimum Gasteiger partial charge on any atom is -0.492 e. The van der Waals surface area contributed by atoms with Crippen LogP contribution in [0.4, 0.5) is 0 Å². The minimum atomic E-state index is -0.340. The molecule has 0 saturated carbocycles. The van der Waals surface area contributed by atoms with Crippen LogP contribution < -0.4 is 10.5 Å². The number of hydrogen-bond acceptors (Lipinski definition) is 4. The van der Waals surface area contributed by atoms with Gasteiger partial charge in [0.1, 0.15) is 5.75 Å². The van der Waals surface area contributed by atoms with E-state index in [0.29, 0.717) is 19.6 Å². The summed E-state index contributed by atoms with van der Waals surface area (Å²) in [5.41, 5.74) is 6.07. The molecule has 1 aromatic heterocycles. The highest BCUT2D eigenvalue weighted by Crippen LogP contribution is 2.19. The van der Waals surface area contributed by atoms with Gasteiger partial charge in [0, 0.05) is 12.1 Å². The normalized spacial score (nSPS) is 10.9. The molecule has 0 fully saturated rings. The second-order valence-corrected chi connectivity index (χ2v) is 4.62. The van der Waals surface area contributed by atoms with Crippen molar-refractivity contribution in [3.05, 3.63) is 24.0 Å². The first-order valence-electron chi connectivity index (χ1n) is 5.76. The van der Waals surface area contributed by atoms with Crippen molar-refractivity contribution in [3.63, 3.8) is 0 Å². The van der Waals surface area contributed by atoms with Crippen LogP contribution in [0, 0.1) is 16.7 Å². The summed E-state index contributed by atoms with van der Waals surface area (Å²) in [7, 11) is 0. The molecule has 4 nitrogen and oxygen atoms in total. The predicted octanol–water partition coefficient (Wildman–Crippen LogP) is 1.90. The van der Waals surface area contributed by atoms with Gasteiger partial charge in [-0.25, -0.2) is 0 Å². The van der Waals surface area contributed by atoms with Gasteiger partial charge in [-0.05, 0) is 38.9 Å². The van der Waals surface area contributed by atoms with Crippen molar-refractivity contribution in [3.8, 4) is 11.8 Å². The van der Waals surface area contributed by atoms with Gasteiger partial charge < -0.3 is 10.5 Å². The Morgan fingerprint density at radius 1 is 1.47 bits per heavy atom. The van der Waals surface area contributed by atoms with E-state index in [9.17, 15) is 0 Å².